The zero-order valence-corrected chi connectivity index (χ0v) is 20.2. The number of aliphatic hydroxyl groups excluding tert-OH is 4. The third-order valence-corrected chi connectivity index (χ3v) is 7.66. The monoisotopic (exact) mass is 495 g/mol. The Morgan fingerprint density at radius 2 is 1.88 bits per heavy atom. The summed E-state index contributed by atoms with van der Waals surface area (Å²) in [5.74, 6) is 0.391. The smallest absolute Gasteiger partial charge is 0.187 e. The van der Waals surface area contributed by atoms with Crippen LogP contribution in [0.25, 0.3) is 0 Å². The maximum atomic E-state index is 10.8. The first-order valence-electron chi connectivity index (χ1n) is 11.8. The number of hydrogen-bond acceptors (Lipinski definition) is 8. The topological polar surface area (TPSA) is 130 Å². The van der Waals surface area contributed by atoms with E-state index in [0.717, 1.165) is 18.4 Å². The van der Waals surface area contributed by atoms with Gasteiger partial charge in [-0.15, -0.1) is 0 Å². The Labute approximate surface area is 204 Å². The summed E-state index contributed by atoms with van der Waals surface area (Å²) in [6.07, 6.45) is -1.09. The third-order valence-electron chi connectivity index (χ3n) is 7.40. The van der Waals surface area contributed by atoms with E-state index in [1.807, 2.05) is 24.3 Å². The van der Waals surface area contributed by atoms with E-state index in [0.29, 0.717) is 18.0 Å². The van der Waals surface area contributed by atoms with Gasteiger partial charge in [0.05, 0.1) is 18.8 Å². The summed E-state index contributed by atoms with van der Waals surface area (Å²) in [5, 5.41) is 46.0. The lowest BCUT2D eigenvalue weighted by atomic mass is 9.75. The maximum absolute atomic E-state index is 10.8. The van der Waals surface area contributed by atoms with Crippen molar-refractivity contribution in [2.24, 2.45) is 17.8 Å². The second kappa shape index (κ2) is 10.6. The van der Waals surface area contributed by atoms with Crippen LogP contribution in [0.2, 0.25) is 5.02 Å². The molecule has 1 aromatic carbocycles. The molecule has 34 heavy (non-hydrogen) atoms. The molecule has 1 aliphatic heterocycles. The third kappa shape index (κ3) is 5.02. The van der Waals surface area contributed by atoms with Crippen molar-refractivity contribution in [2.75, 3.05) is 6.61 Å². The predicted octanol–water partition coefficient (Wildman–Crippen LogP) is 1.41. The number of rotatable bonds is 8. The summed E-state index contributed by atoms with van der Waals surface area (Å²) in [7, 11) is 0. The van der Waals surface area contributed by atoms with Crippen LogP contribution in [0.4, 0.5) is 0 Å². The van der Waals surface area contributed by atoms with Gasteiger partial charge in [0, 0.05) is 5.02 Å². The lowest BCUT2D eigenvalue weighted by Crippen LogP contribution is -2.62. The summed E-state index contributed by atoms with van der Waals surface area (Å²) < 4.78 is 14.2. The zero-order chi connectivity index (χ0) is 24.5. The molecule has 1 saturated heterocycles. The molecule has 0 bridgehead atoms. The molecular formula is C24H34ClN3O6. The second-order valence-electron chi connectivity index (χ2n) is 9.82. The maximum Gasteiger partial charge on any atom is 0.187 e. The molecule has 1 aromatic heterocycles. The second-order valence-corrected chi connectivity index (χ2v) is 10.3. The van der Waals surface area contributed by atoms with Crippen LogP contribution in [-0.2, 0) is 22.4 Å². The Morgan fingerprint density at radius 1 is 1.15 bits per heavy atom. The molecular weight excluding hydrogens is 462 g/mol. The molecule has 9 nitrogen and oxygen atoms in total. The van der Waals surface area contributed by atoms with Gasteiger partial charge in [0.25, 0.3) is 0 Å². The van der Waals surface area contributed by atoms with Gasteiger partial charge in [-0.1, -0.05) is 37.6 Å². The largest absolute Gasteiger partial charge is 0.394 e. The zero-order valence-electron chi connectivity index (χ0n) is 19.4. The van der Waals surface area contributed by atoms with Crippen molar-refractivity contribution in [3.8, 4) is 0 Å². The van der Waals surface area contributed by atoms with Gasteiger partial charge in [0.15, 0.2) is 6.29 Å². The fourth-order valence-electron chi connectivity index (χ4n) is 5.67. The molecule has 10 heteroatoms. The molecule has 0 amide bonds. The Balaban J connectivity index is 1.71. The van der Waals surface area contributed by atoms with E-state index in [1.54, 1.807) is 11.0 Å². The van der Waals surface area contributed by atoms with Crippen LogP contribution in [0, 0.1) is 17.8 Å². The van der Waals surface area contributed by atoms with Gasteiger partial charge in [0.2, 0.25) is 0 Å². The first kappa shape index (κ1) is 25.5. The van der Waals surface area contributed by atoms with E-state index >= 15 is 0 Å². The highest BCUT2D eigenvalue weighted by atomic mass is 35.5. The molecule has 1 saturated carbocycles. The molecule has 2 aromatic rings. The average Bonchev–Trinajstić information content (AvgIpc) is 3.44. The van der Waals surface area contributed by atoms with Gasteiger partial charge >= 0.3 is 0 Å². The van der Waals surface area contributed by atoms with E-state index in [4.69, 9.17) is 21.1 Å². The number of nitrogens with zero attached hydrogens (tertiary/aromatic N) is 3. The summed E-state index contributed by atoms with van der Waals surface area (Å²) >= 11 is 6.09. The van der Waals surface area contributed by atoms with Crippen LogP contribution in [0.15, 0.2) is 36.9 Å². The molecule has 1 aliphatic carbocycles. The van der Waals surface area contributed by atoms with Crippen LogP contribution >= 0.6 is 11.6 Å². The number of ether oxygens (including phenoxy) is 2. The Kier molecular flexibility index (Phi) is 7.93. The quantitative estimate of drug-likeness (QED) is 0.432. The van der Waals surface area contributed by atoms with Crippen molar-refractivity contribution >= 4 is 11.6 Å². The van der Waals surface area contributed by atoms with Crippen LogP contribution in [0.3, 0.4) is 0 Å². The van der Waals surface area contributed by atoms with Crippen molar-refractivity contribution in [3.05, 3.63) is 47.5 Å². The van der Waals surface area contributed by atoms with Gasteiger partial charge in [-0.25, -0.2) is 4.98 Å². The van der Waals surface area contributed by atoms with E-state index < -0.39 is 42.9 Å². The Hall–Kier alpha value is -1.59. The first-order chi connectivity index (χ1) is 16.2. The lowest BCUT2D eigenvalue weighted by Gasteiger charge is -2.48. The number of halogens is 1. The fraction of sp³-hybridized carbons (Fsp3) is 0.667. The van der Waals surface area contributed by atoms with Crippen LogP contribution in [0.1, 0.15) is 32.3 Å². The van der Waals surface area contributed by atoms with Gasteiger partial charge in [-0.05, 0) is 54.7 Å². The van der Waals surface area contributed by atoms with Crippen molar-refractivity contribution in [1.29, 1.82) is 0 Å². The van der Waals surface area contributed by atoms with Crippen molar-refractivity contribution in [1.82, 2.24) is 14.8 Å². The van der Waals surface area contributed by atoms with Crippen LogP contribution in [-0.4, -0.2) is 78.1 Å². The van der Waals surface area contributed by atoms with Gasteiger partial charge < -0.3 is 29.9 Å². The van der Waals surface area contributed by atoms with E-state index in [-0.39, 0.29) is 17.8 Å². The Bertz CT molecular complexity index is 912. The number of hydrogen-bond donors (Lipinski definition) is 4. The molecule has 0 spiro atoms. The number of aliphatic hydroxyl groups is 4. The minimum atomic E-state index is -1.51. The normalized spacial score (nSPS) is 36.3. The highest BCUT2D eigenvalue weighted by Gasteiger charge is 2.56. The van der Waals surface area contributed by atoms with Crippen LogP contribution in [0.5, 0.6) is 0 Å². The highest BCUT2D eigenvalue weighted by molar-refractivity contribution is 6.30. The van der Waals surface area contributed by atoms with Crippen molar-refractivity contribution in [3.63, 3.8) is 0 Å². The molecule has 3 unspecified atom stereocenters. The summed E-state index contributed by atoms with van der Waals surface area (Å²) in [5.41, 5.74) is 0.300. The molecule has 0 radical (unpaired) electrons. The molecule has 2 fully saturated rings. The standard InChI is InChI=1S/C24H34ClN3O6/c1-14(2)18-8-5-16(9-15-3-6-17(25)7-4-15)24(18,11-28-13-26-12-27-28)34-23-22(32)21(31)20(30)19(10-29)33-23/h3-4,6-7,12-14,16,18-23,29-32H,5,8-11H2,1-2H3/t16?,18?,19-,20-,21+,22-,23-,24?/m1/s1. The molecule has 188 valence electrons. The van der Waals surface area contributed by atoms with Crippen molar-refractivity contribution in [2.45, 2.75) is 76.0 Å². The summed E-state index contributed by atoms with van der Waals surface area (Å²) in [4.78, 5) is 4.09. The van der Waals surface area contributed by atoms with Gasteiger partial charge in [0.1, 0.15) is 37.1 Å². The molecule has 4 N–H and O–H groups in total. The van der Waals surface area contributed by atoms with Gasteiger partial charge in [-0.2, -0.15) is 5.10 Å². The van der Waals surface area contributed by atoms with Crippen molar-refractivity contribution < 1.29 is 29.9 Å². The van der Waals surface area contributed by atoms with E-state index in [1.165, 1.54) is 6.33 Å². The Morgan fingerprint density at radius 3 is 2.50 bits per heavy atom. The molecule has 8 atom stereocenters. The van der Waals surface area contributed by atoms with Gasteiger partial charge in [-0.3, -0.25) is 4.68 Å². The fourth-order valence-corrected chi connectivity index (χ4v) is 5.79. The van der Waals surface area contributed by atoms with Crippen LogP contribution < -0.4 is 0 Å². The minimum absolute atomic E-state index is 0.0395. The van der Waals surface area contributed by atoms with E-state index in [2.05, 4.69) is 23.9 Å². The predicted molar refractivity (Wildman–Crippen MR) is 124 cm³/mol. The summed E-state index contributed by atoms with van der Waals surface area (Å²) in [6.45, 7) is 4.15. The first-order valence-corrected chi connectivity index (χ1v) is 12.2. The number of benzene rings is 1. The lowest BCUT2D eigenvalue weighted by molar-refractivity contribution is -0.339. The SMILES string of the molecule is CC(C)C1CCC(Cc2ccc(Cl)cc2)C1(Cn1cncn1)O[C@H]1O[C@H](CO)[C@@H](O)[C@H](O)[C@H]1O. The van der Waals surface area contributed by atoms with E-state index in [9.17, 15) is 20.4 Å². The summed E-state index contributed by atoms with van der Waals surface area (Å²) in [6, 6.07) is 7.73. The molecule has 2 heterocycles. The average molecular weight is 496 g/mol. The minimum Gasteiger partial charge on any atom is -0.394 e. The highest BCUT2D eigenvalue weighted by Crippen LogP contribution is 2.50. The molecule has 2 aliphatic rings. The number of aromatic nitrogens is 3. The molecule has 4 rings (SSSR count).